The zero-order valence-corrected chi connectivity index (χ0v) is 10.4. The number of nitrogens with zero attached hydrogens (tertiary/aromatic N) is 2. The molecule has 0 spiro atoms. The molecule has 0 atom stereocenters. The molecule has 1 aromatic carbocycles. The van der Waals surface area contributed by atoms with Crippen LogP contribution in [0.2, 0.25) is 0 Å². The number of hydrogen-bond acceptors (Lipinski definition) is 3. The van der Waals surface area contributed by atoms with Crippen LogP contribution in [0.25, 0.3) is 11.1 Å². The average Bonchev–Trinajstić information content (AvgIpc) is 2.30. The average molecular weight is 227 g/mol. The van der Waals surface area contributed by atoms with Crippen LogP contribution in [-0.2, 0) is 0 Å². The summed E-state index contributed by atoms with van der Waals surface area (Å²) in [6.45, 7) is 6.23. The van der Waals surface area contributed by atoms with E-state index < -0.39 is 0 Å². The number of aryl methyl sites for hydroxylation is 1. The van der Waals surface area contributed by atoms with Crippen molar-refractivity contribution in [3.63, 3.8) is 0 Å². The van der Waals surface area contributed by atoms with Crippen molar-refractivity contribution in [3.8, 4) is 11.1 Å². The minimum absolute atomic E-state index is 0.347. The van der Waals surface area contributed by atoms with Gasteiger partial charge in [-0.3, -0.25) is 0 Å². The van der Waals surface area contributed by atoms with E-state index in [1.54, 1.807) is 0 Å². The van der Waals surface area contributed by atoms with E-state index in [9.17, 15) is 0 Å². The molecule has 2 aromatic rings. The van der Waals surface area contributed by atoms with Crippen LogP contribution in [0.3, 0.4) is 0 Å². The molecule has 1 heterocycles. The smallest absolute Gasteiger partial charge is 0.222 e. The van der Waals surface area contributed by atoms with Crippen molar-refractivity contribution in [2.45, 2.75) is 26.8 Å². The Morgan fingerprint density at radius 1 is 1.06 bits per heavy atom. The fourth-order valence-electron chi connectivity index (χ4n) is 1.70. The van der Waals surface area contributed by atoms with Crippen LogP contribution in [0, 0.1) is 6.92 Å². The molecule has 0 unspecified atom stereocenters. The maximum Gasteiger partial charge on any atom is 0.222 e. The van der Waals surface area contributed by atoms with Gasteiger partial charge in [0.1, 0.15) is 0 Å². The lowest BCUT2D eigenvalue weighted by atomic mass is 10.0. The summed E-state index contributed by atoms with van der Waals surface area (Å²) >= 11 is 0. The molecule has 88 valence electrons. The second-order valence-electron chi connectivity index (χ2n) is 4.41. The van der Waals surface area contributed by atoms with Gasteiger partial charge < -0.3 is 5.32 Å². The molecule has 17 heavy (non-hydrogen) atoms. The van der Waals surface area contributed by atoms with Crippen LogP contribution in [0.4, 0.5) is 5.95 Å². The predicted octanol–water partition coefficient (Wildman–Crippen LogP) is 3.27. The molecule has 2 rings (SSSR count). The molecule has 3 nitrogen and oxygen atoms in total. The van der Waals surface area contributed by atoms with Crippen molar-refractivity contribution < 1.29 is 0 Å². The molecule has 0 saturated heterocycles. The molecule has 0 fully saturated rings. The summed E-state index contributed by atoms with van der Waals surface area (Å²) in [4.78, 5) is 8.63. The SMILES string of the molecule is Cc1ccccc1-c1cnc(NC(C)C)nc1. The summed E-state index contributed by atoms with van der Waals surface area (Å²) in [5.74, 6) is 0.678. The molecular formula is C14H17N3. The third kappa shape index (κ3) is 2.81. The summed E-state index contributed by atoms with van der Waals surface area (Å²) in [5.41, 5.74) is 3.47. The van der Waals surface area contributed by atoms with Crippen LogP contribution in [0.15, 0.2) is 36.7 Å². The molecule has 1 N–H and O–H groups in total. The first-order valence-electron chi connectivity index (χ1n) is 5.81. The van der Waals surface area contributed by atoms with Gasteiger partial charge in [-0.25, -0.2) is 9.97 Å². The van der Waals surface area contributed by atoms with Gasteiger partial charge in [0.05, 0.1) is 0 Å². The van der Waals surface area contributed by atoms with Gasteiger partial charge in [-0.2, -0.15) is 0 Å². The van der Waals surface area contributed by atoms with Crippen LogP contribution in [-0.4, -0.2) is 16.0 Å². The zero-order valence-electron chi connectivity index (χ0n) is 10.4. The van der Waals surface area contributed by atoms with E-state index in [1.807, 2.05) is 24.5 Å². The standard InChI is InChI=1S/C14H17N3/c1-10(2)17-14-15-8-12(9-16-14)13-7-5-4-6-11(13)3/h4-10H,1-3H3,(H,15,16,17). The zero-order chi connectivity index (χ0) is 12.3. The van der Waals surface area contributed by atoms with Gasteiger partial charge in [0.25, 0.3) is 0 Å². The van der Waals surface area contributed by atoms with Crippen molar-refractivity contribution in [3.05, 3.63) is 42.2 Å². The van der Waals surface area contributed by atoms with Gasteiger partial charge >= 0.3 is 0 Å². The lowest BCUT2D eigenvalue weighted by Gasteiger charge is -2.09. The lowest BCUT2D eigenvalue weighted by molar-refractivity contribution is 0.874. The van der Waals surface area contributed by atoms with Crippen molar-refractivity contribution in [1.29, 1.82) is 0 Å². The van der Waals surface area contributed by atoms with Gasteiger partial charge in [0, 0.05) is 24.0 Å². The second kappa shape index (κ2) is 4.95. The molecule has 0 amide bonds. The Kier molecular flexibility index (Phi) is 3.38. The van der Waals surface area contributed by atoms with E-state index in [0.717, 1.165) is 5.56 Å². The third-order valence-electron chi connectivity index (χ3n) is 2.53. The molecule has 0 aliphatic rings. The van der Waals surface area contributed by atoms with E-state index in [2.05, 4.69) is 48.2 Å². The van der Waals surface area contributed by atoms with E-state index in [-0.39, 0.29) is 0 Å². The maximum absolute atomic E-state index is 4.31. The lowest BCUT2D eigenvalue weighted by Crippen LogP contribution is -2.12. The van der Waals surface area contributed by atoms with Gasteiger partial charge in [-0.15, -0.1) is 0 Å². The Bertz CT molecular complexity index is 489. The fraction of sp³-hybridized carbons (Fsp3) is 0.286. The summed E-state index contributed by atoms with van der Waals surface area (Å²) in [6.07, 6.45) is 3.72. The Balaban J connectivity index is 2.27. The predicted molar refractivity (Wildman–Crippen MR) is 71.0 cm³/mol. The van der Waals surface area contributed by atoms with Crippen molar-refractivity contribution in [2.24, 2.45) is 0 Å². The Labute approximate surface area is 102 Å². The highest BCUT2D eigenvalue weighted by molar-refractivity contribution is 5.65. The quantitative estimate of drug-likeness (QED) is 0.874. The summed E-state index contributed by atoms with van der Waals surface area (Å²) < 4.78 is 0. The largest absolute Gasteiger partial charge is 0.352 e. The Hall–Kier alpha value is -1.90. The molecule has 0 saturated carbocycles. The van der Waals surface area contributed by atoms with E-state index >= 15 is 0 Å². The summed E-state index contributed by atoms with van der Waals surface area (Å²) in [5, 5.41) is 3.18. The minimum atomic E-state index is 0.347. The number of rotatable bonds is 3. The first-order valence-corrected chi connectivity index (χ1v) is 5.81. The van der Waals surface area contributed by atoms with Gasteiger partial charge in [0.2, 0.25) is 5.95 Å². The summed E-state index contributed by atoms with van der Waals surface area (Å²) in [6, 6.07) is 8.59. The fourth-order valence-corrected chi connectivity index (χ4v) is 1.70. The molecule has 0 radical (unpaired) electrons. The van der Waals surface area contributed by atoms with Gasteiger partial charge in [0.15, 0.2) is 0 Å². The summed E-state index contributed by atoms with van der Waals surface area (Å²) in [7, 11) is 0. The monoisotopic (exact) mass is 227 g/mol. The second-order valence-corrected chi connectivity index (χ2v) is 4.41. The van der Waals surface area contributed by atoms with E-state index in [1.165, 1.54) is 11.1 Å². The highest BCUT2D eigenvalue weighted by Crippen LogP contribution is 2.21. The molecule has 0 aliphatic heterocycles. The Morgan fingerprint density at radius 3 is 2.29 bits per heavy atom. The number of nitrogens with one attached hydrogen (secondary N) is 1. The topological polar surface area (TPSA) is 37.8 Å². The molecule has 1 aromatic heterocycles. The minimum Gasteiger partial charge on any atom is -0.352 e. The van der Waals surface area contributed by atoms with E-state index in [0.29, 0.717) is 12.0 Å². The highest BCUT2D eigenvalue weighted by Gasteiger charge is 2.03. The van der Waals surface area contributed by atoms with Crippen LogP contribution in [0.1, 0.15) is 19.4 Å². The molecule has 0 bridgehead atoms. The normalized spacial score (nSPS) is 10.6. The number of aromatic nitrogens is 2. The van der Waals surface area contributed by atoms with Gasteiger partial charge in [-0.1, -0.05) is 24.3 Å². The van der Waals surface area contributed by atoms with Crippen LogP contribution < -0.4 is 5.32 Å². The van der Waals surface area contributed by atoms with E-state index in [4.69, 9.17) is 0 Å². The third-order valence-corrected chi connectivity index (χ3v) is 2.53. The first kappa shape index (κ1) is 11.6. The van der Waals surface area contributed by atoms with Crippen molar-refractivity contribution >= 4 is 5.95 Å². The number of benzene rings is 1. The first-order chi connectivity index (χ1) is 8.16. The number of hydrogen-bond donors (Lipinski definition) is 1. The van der Waals surface area contributed by atoms with Gasteiger partial charge in [-0.05, 0) is 31.9 Å². The van der Waals surface area contributed by atoms with Crippen LogP contribution in [0.5, 0.6) is 0 Å². The molecule has 3 heteroatoms. The Morgan fingerprint density at radius 2 is 1.71 bits per heavy atom. The molecule has 0 aliphatic carbocycles. The maximum atomic E-state index is 4.31. The van der Waals surface area contributed by atoms with Crippen molar-refractivity contribution in [2.75, 3.05) is 5.32 Å². The van der Waals surface area contributed by atoms with Crippen molar-refractivity contribution in [1.82, 2.24) is 9.97 Å². The van der Waals surface area contributed by atoms with Crippen LogP contribution >= 0.6 is 0 Å². The highest BCUT2D eigenvalue weighted by atomic mass is 15.1. The molecular weight excluding hydrogens is 210 g/mol. The number of anilines is 1.